The molecule has 5 aliphatic rings. The molecule has 0 spiro atoms. The molecule has 0 aliphatic heterocycles. The molecule has 6 rings (SSSR count). The first-order valence-corrected chi connectivity index (χ1v) is 15.7. The molecule has 10 unspecified atom stereocenters. The fraction of sp³-hybridized carbons (Fsp3) is 0.765. The number of hydrogen-bond acceptors (Lipinski definition) is 4. The van der Waals surface area contributed by atoms with Crippen molar-refractivity contribution in [1.82, 2.24) is 9.78 Å². The van der Waals surface area contributed by atoms with Gasteiger partial charge in [0.05, 0.1) is 22.6 Å². The van der Waals surface area contributed by atoms with Crippen molar-refractivity contribution in [3.05, 3.63) is 29.6 Å². The van der Waals surface area contributed by atoms with Crippen LogP contribution in [-0.2, 0) is 14.4 Å². The highest BCUT2D eigenvalue weighted by molar-refractivity contribution is 5.96. The summed E-state index contributed by atoms with van der Waals surface area (Å²) in [6.07, 6.45) is 11.0. The van der Waals surface area contributed by atoms with Crippen molar-refractivity contribution in [2.24, 2.45) is 50.2 Å². The summed E-state index contributed by atoms with van der Waals surface area (Å²) >= 11 is 0. The third-order valence-electron chi connectivity index (χ3n) is 14.3. The Kier molecular flexibility index (Phi) is 5.99. The predicted octanol–water partition coefficient (Wildman–Crippen LogP) is 6.86. The van der Waals surface area contributed by atoms with E-state index in [4.69, 9.17) is 0 Å². The molecule has 41 heavy (non-hydrogen) atoms. The van der Waals surface area contributed by atoms with E-state index in [1.165, 1.54) is 5.57 Å². The van der Waals surface area contributed by atoms with Crippen molar-refractivity contribution in [3.63, 3.8) is 0 Å². The van der Waals surface area contributed by atoms with Gasteiger partial charge in [0.2, 0.25) is 0 Å². The monoisotopic (exact) mass is 564 g/mol. The van der Waals surface area contributed by atoms with E-state index in [2.05, 4.69) is 32.8 Å². The van der Waals surface area contributed by atoms with Crippen LogP contribution in [0.1, 0.15) is 111 Å². The average molecular weight is 565 g/mol. The van der Waals surface area contributed by atoms with E-state index < -0.39 is 28.2 Å². The van der Waals surface area contributed by atoms with Crippen LogP contribution in [0, 0.1) is 57.2 Å². The predicted molar refractivity (Wildman–Crippen MR) is 155 cm³/mol. The molecule has 1 heterocycles. The summed E-state index contributed by atoms with van der Waals surface area (Å²) in [5.74, 6) is -1.74. The largest absolute Gasteiger partial charge is 0.481 e. The highest BCUT2D eigenvalue weighted by Gasteiger charge is 2.72. The van der Waals surface area contributed by atoms with Crippen molar-refractivity contribution >= 4 is 17.7 Å². The number of ketones is 1. The number of allylic oxidation sites excluding steroid dienone is 2. The maximum atomic E-state index is 14.5. The second-order valence-corrected chi connectivity index (χ2v) is 16.1. The molecule has 0 aromatic carbocycles. The number of aliphatic carboxylic acids is 2. The maximum absolute atomic E-state index is 14.5. The summed E-state index contributed by atoms with van der Waals surface area (Å²) in [5, 5.41) is 25.6. The van der Waals surface area contributed by atoms with Crippen LogP contribution in [0.4, 0.5) is 0 Å². The molecule has 224 valence electrons. The number of carbonyl (C=O) groups excluding carboxylic acids is 1. The first kappa shape index (κ1) is 28.7. The van der Waals surface area contributed by atoms with Gasteiger partial charge in [-0.3, -0.25) is 19.1 Å². The van der Waals surface area contributed by atoms with Gasteiger partial charge in [-0.15, -0.1) is 0 Å². The lowest BCUT2D eigenvalue weighted by Crippen LogP contribution is -2.67. The Morgan fingerprint density at radius 3 is 2.22 bits per heavy atom. The molecular weight excluding hydrogens is 516 g/mol. The fourth-order valence-corrected chi connectivity index (χ4v) is 11.4. The molecule has 1 aromatic rings. The van der Waals surface area contributed by atoms with Crippen molar-refractivity contribution in [2.45, 2.75) is 112 Å². The minimum Gasteiger partial charge on any atom is -0.481 e. The van der Waals surface area contributed by atoms with Crippen LogP contribution in [0.15, 0.2) is 23.9 Å². The summed E-state index contributed by atoms with van der Waals surface area (Å²) in [6.45, 7) is 14.9. The first-order valence-electron chi connectivity index (χ1n) is 15.7. The van der Waals surface area contributed by atoms with Crippen LogP contribution in [0.5, 0.6) is 0 Å². The Hall–Kier alpha value is -2.44. The molecule has 0 amide bonds. The number of fused-ring (bicyclic) bond motifs is 7. The molecule has 1 aromatic heterocycles. The molecule has 7 nitrogen and oxygen atoms in total. The zero-order chi connectivity index (χ0) is 30.0. The van der Waals surface area contributed by atoms with Crippen molar-refractivity contribution in [3.8, 4) is 0 Å². The van der Waals surface area contributed by atoms with Gasteiger partial charge < -0.3 is 10.2 Å². The van der Waals surface area contributed by atoms with Crippen LogP contribution in [0.3, 0.4) is 0 Å². The summed E-state index contributed by atoms with van der Waals surface area (Å²) in [4.78, 5) is 40.1. The van der Waals surface area contributed by atoms with Crippen LogP contribution < -0.4 is 0 Å². The van der Waals surface area contributed by atoms with E-state index in [1.807, 2.05) is 43.8 Å². The summed E-state index contributed by atoms with van der Waals surface area (Å²) in [5.41, 5.74) is -0.748. The summed E-state index contributed by atoms with van der Waals surface area (Å²) in [6, 6.07) is 1.67. The quantitative estimate of drug-likeness (QED) is 0.415. The third-order valence-corrected chi connectivity index (χ3v) is 14.3. The van der Waals surface area contributed by atoms with Crippen LogP contribution in [-0.4, -0.2) is 37.7 Å². The lowest BCUT2D eigenvalue weighted by atomic mass is 9.33. The van der Waals surface area contributed by atoms with Crippen LogP contribution in [0.25, 0.3) is 0 Å². The maximum Gasteiger partial charge on any atom is 0.311 e. The second-order valence-electron chi connectivity index (χ2n) is 16.1. The van der Waals surface area contributed by atoms with Crippen LogP contribution in [0.2, 0.25) is 0 Å². The molecule has 10 atom stereocenters. The molecule has 4 fully saturated rings. The Labute approximate surface area is 244 Å². The molecular formula is C34H48N2O5. The van der Waals surface area contributed by atoms with Gasteiger partial charge in [0.15, 0.2) is 5.78 Å². The van der Waals surface area contributed by atoms with Gasteiger partial charge in [-0.1, -0.05) is 33.3 Å². The fourth-order valence-electron chi connectivity index (χ4n) is 11.4. The van der Waals surface area contributed by atoms with E-state index in [0.717, 1.165) is 44.2 Å². The number of carbonyl (C=O) groups is 3. The minimum atomic E-state index is -1.05. The number of carboxylic acid groups (broad SMARTS) is 2. The van der Waals surface area contributed by atoms with Crippen molar-refractivity contribution in [2.75, 3.05) is 0 Å². The molecule has 4 saturated carbocycles. The van der Waals surface area contributed by atoms with Crippen molar-refractivity contribution < 1.29 is 24.6 Å². The number of rotatable bonds is 3. The highest BCUT2D eigenvalue weighted by Crippen LogP contribution is 2.75. The average Bonchev–Trinajstić information content (AvgIpc) is 3.31. The van der Waals surface area contributed by atoms with Gasteiger partial charge in [0.1, 0.15) is 0 Å². The third kappa shape index (κ3) is 3.50. The normalized spacial score (nSPS) is 49.1. The molecule has 7 heteroatoms. The van der Waals surface area contributed by atoms with Gasteiger partial charge in [0, 0.05) is 12.1 Å². The Morgan fingerprint density at radius 2 is 1.61 bits per heavy atom. The zero-order valence-electron chi connectivity index (χ0n) is 25.9. The number of aromatic nitrogens is 2. The molecule has 0 bridgehead atoms. The van der Waals surface area contributed by atoms with E-state index in [1.54, 1.807) is 0 Å². The Balaban J connectivity index is 1.45. The van der Waals surface area contributed by atoms with Gasteiger partial charge in [0.25, 0.3) is 0 Å². The highest BCUT2D eigenvalue weighted by atomic mass is 16.4. The van der Waals surface area contributed by atoms with Gasteiger partial charge in [-0.05, 0) is 124 Å². The molecule has 0 saturated heterocycles. The Bertz CT molecular complexity index is 1360. The number of hydrogen-bond donors (Lipinski definition) is 2. The zero-order valence-corrected chi connectivity index (χ0v) is 25.9. The van der Waals surface area contributed by atoms with Gasteiger partial charge >= 0.3 is 11.9 Å². The van der Waals surface area contributed by atoms with Gasteiger partial charge in [-0.25, -0.2) is 0 Å². The van der Waals surface area contributed by atoms with Crippen LogP contribution >= 0.6 is 0 Å². The van der Waals surface area contributed by atoms with E-state index in [-0.39, 0.29) is 45.8 Å². The number of carboxylic acids is 2. The van der Waals surface area contributed by atoms with Crippen molar-refractivity contribution in [1.29, 1.82) is 0 Å². The van der Waals surface area contributed by atoms with E-state index in [0.29, 0.717) is 19.3 Å². The summed E-state index contributed by atoms with van der Waals surface area (Å²) in [7, 11) is 0. The minimum absolute atomic E-state index is 0.00667. The topological polar surface area (TPSA) is 109 Å². The lowest BCUT2D eigenvalue weighted by molar-refractivity contribution is -0.205. The standard InChI is InChI=1S/C34H48N2O5/c1-20-10-17-36(35-20)25-9-11-31(4)24(34(25,7)28(40)41)8-12-33(6)26(31)23(37)18-21-22-19-30(3,27(38)39)14-13-29(22,2)15-16-32(21,33)5/h10,17-18,22,24-26H,8-9,11-16,19H2,1-7H3,(H,38,39)(H,40,41). The Morgan fingerprint density at radius 1 is 0.927 bits per heavy atom. The van der Waals surface area contributed by atoms with Gasteiger partial charge in [-0.2, -0.15) is 5.10 Å². The molecule has 5 aliphatic carbocycles. The second kappa shape index (κ2) is 8.57. The molecule has 2 N–H and O–H groups in total. The summed E-state index contributed by atoms with van der Waals surface area (Å²) < 4.78 is 1.86. The van der Waals surface area contributed by atoms with E-state index >= 15 is 0 Å². The first-order chi connectivity index (χ1) is 19.0. The SMILES string of the molecule is Cc1ccn(C2CCC3(C)C(CCC4(C)C3C(=O)C=C3C5CC(C)(C(=O)O)CCC5(C)CCC34C)C2(C)C(=O)O)n1. The smallest absolute Gasteiger partial charge is 0.311 e. The molecule has 0 radical (unpaired) electrons. The number of aryl methyl sites for hydroxylation is 1. The number of nitrogens with zero attached hydrogens (tertiary/aromatic N) is 2. The van der Waals surface area contributed by atoms with E-state index in [9.17, 15) is 24.6 Å². The lowest BCUT2D eigenvalue weighted by Gasteiger charge is -2.70.